The molecule has 0 bridgehead atoms. The topological polar surface area (TPSA) is 67.9 Å². The number of benzene rings is 2. The molecule has 6 nitrogen and oxygen atoms in total. The van der Waals surface area contributed by atoms with Crippen molar-refractivity contribution in [1.29, 1.82) is 0 Å². The number of carbonyl (C=O) groups is 2. The molecule has 1 saturated heterocycles. The highest BCUT2D eigenvalue weighted by atomic mass is 16.5. The smallest absolute Gasteiger partial charge is 0.245 e. The fraction of sp³-hybridized carbons (Fsp3) is 0.391. The molecule has 3 rings (SSSR count). The van der Waals surface area contributed by atoms with Crippen LogP contribution in [0.5, 0.6) is 11.5 Å². The lowest BCUT2D eigenvalue weighted by Gasteiger charge is -2.34. The van der Waals surface area contributed by atoms with Gasteiger partial charge in [0, 0.05) is 25.6 Å². The molecule has 0 aliphatic carbocycles. The number of ether oxygens (including phenoxy) is 2. The highest BCUT2D eigenvalue weighted by molar-refractivity contribution is 5.94. The number of methoxy groups -OCH3 is 2. The van der Waals surface area contributed by atoms with Gasteiger partial charge in [-0.05, 0) is 37.0 Å². The van der Waals surface area contributed by atoms with Gasteiger partial charge < -0.3 is 19.7 Å². The van der Waals surface area contributed by atoms with E-state index in [1.165, 1.54) is 0 Å². The van der Waals surface area contributed by atoms with Crippen molar-refractivity contribution < 1.29 is 19.1 Å². The highest BCUT2D eigenvalue weighted by Crippen LogP contribution is 2.32. The van der Waals surface area contributed by atoms with Gasteiger partial charge in [0.1, 0.15) is 17.0 Å². The van der Waals surface area contributed by atoms with Crippen LogP contribution in [0.25, 0.3) is 0 Å². The first-order chi connectivity index (χ1) is 14.0. The second kappa shape index (κ2) is 8.99. The van der Waals surface area contributed by atoms with Crippen molar-refractivity contribution in [2.24, 2.45) is 0 Å². The standard InChI is InChI=1S/C23H28N2O4/c1-23(22(27)24-16-17-7-5-4-6-8-17)13-11-21(26)25(23)14-12-18-9-10-19(28-2)15-20(18)29-3/h4-10,15H,11-14,16H2,1-3H3,(H,24,27)/t23-/m0/s1. The van der Waals surface area contributed by atoms with Crippen LogP contribution in [-0.4, -0.2) is 43.0 Å². The Morgan fingerprint density at radius 1 is 1.14 bits per heavy atom. The van der Waals surface area contributed by atoms with E-state index < -0.39 is 5.54 Å². The Kier molecular flexibility index (Phi) is 6.42. The lowest BCUT2D eigenvalue weighted by Crippen LogP contribution is -2.54. The van der Waals surface area contributed by atoms with Crippen molar-refractivity contribution in [2.45, 2.75) is 38.3 Å². The van der Waals surface area contributed by atoms with Crippen molar-refractivity contribution in [3.05, 3.63) is 59.7 Å². The van der Waals surface area contributed by atoms with Crippen LogP contribution in [0.2, 0.25) is 0 Å². The largest absolute Gasteiger partial charge is 0.497 e. The van der Waals surface area contributed by atoms with E-state index in [4.69, 9.17) is 9.47 Å². The normalized spacial score (nSPS) is 18.6. The molecular formula is C23H28N2O4. The summed E-state index contributed by atoms with van der Waals surface area (Å²) >= 11 is 0. The van der Waals surface area contributed by atoms with Crippen LogP contribution in [0, 0.1) is 0 Å². The van der Waals surface area contributed by atoms with E-state index in [0.717, 1.165) is 11.1 Å². The predicted octanol–water partition coefficient (Wildman–Crippen LogP) is 2.94. The van der Waals surface area contributed by atoms with Crippen LogP contribution in [0.4, 0.5) is 0 Å². The first-order valence-corrected chi connectivity index (χ1v) is 9.81. The van der Waals surface area contributed by atoms with Crippen molar-refractivity contribution in [2.75, 3.05) is 20.8 Å². The summed E-state index contributed by atoms with van der Waals surface area (Å²) in [5, 5.41) is 2.99. The minimum Gasteiger partial charge on any atom is -0.497 e. The molecule has 0 saturated carbocycles. The van der Waals surface area contributed by atoms with Gasteiger partial charge in [-0.15, -0.1) is 0 Å². The Bertz CT molecular complexity index is 868. The molecule has 1 aliphatic heterocycles. The van der Waals surface area contributed by atoms with Crippen molar-refractivity contribution in [3.8, 4) is 11.5 Å². The van der Waals surface area contributed by atoms with Gasteiger partial charge in [-0.2, -0.15) is 0 Å². The average Bonchev–Trinajstić information content (AvgIpc) is 3.05. The van der Waals surface area contributed by atoms with Crippen molar-refractivity contribution >= 4 is 11.8 Å². The second-order valence-corrected chi connectivity index (χ2v) is 7.42. The minimum absolute atomic E-state index is 0.00911. The Labute approximate surface area is 171 Å². The van der Waals surface area contributed by atoms with Gasteiger partial charge in [0.15, 0.2) is 0 Å². The molecule has 6 heteroatoms. The number of nitrogens with zero attached hydrogens (tertiary/aromatic N) is 1. The van der Waals surface area contributed by atoms with Crippen LogP contribution in [0.3, 0.4) is 0 Å². The Hall–Kier alpha value is -3.02. The maximum Gasteiger partial charge on any atom is 0.245 e. The summed E-state index contributed by atoms with van der Waals surface area (Å²) in [7, 11) is 3.22. The molecule has 2 aromatic carbocycles. The van der Waals surface area contributed by atoms with E-state index >= 15 is 0 Å². The van der Waals surface area contributed by atoms with Crippen LogP contribution >= 0.6 is 0 Å². The third-order valence-electron chi connectivity index (χ3n) is 5.61. The van der Waals surface area contributed by atoms with E-state index in [1.54, 1.807) is 19.1 Å². The van der Waals surface area contributed by atoms with Gasteiger partial charge in [-0.25, -0.2) is 0 Å². The molecule has 0 spiro atoms. The SMILES string of the molecule is COc1ccc(CCN2C(=O)CC[C@@]2(C)C(=O)NCc2ccccc2)c(OC)c1. The number of hydrogen-bond acceptors (Lipinski definition) is 4. The fourth-order valence-electron chi connectivity index (χ4n) is 3.76. The summed E-state index contributed by atoms with van der Waals surface area (Å²) in [6.45, 7) is 2.75. The van der Waals surface area contributed by atoms with Crippen molar-refractivity contribution in [1.82, 2.24) is 10.2 Å². The summed E-state index contributed by atoms with van der Waals surface area (Å²) in [6, 6.07) is 15.4. The van der Waals surface area contributed by atoms with Gasteiger partial charge in [0.05, 0.1) is 14.2 Å². The van der Waals surface area contributed by atoms with E-state index in [2.05, 4.69) is 5.32 Å². The molecule has 0 radical (unpaired) electrons. The zero-order chi connectivity index (χ0) is 20.9. The van der Waals surface area contributed by atoms with Crippen LogP contribution < -0.4 is 14.8 Å². The monoisotopic (exact) mass is 396 g/mol. The molecule has 1 aliphatic rings. The summed E-state index contributed by atoms with van der Waals surface area (Å²) in [6.07, 6.45) is 1.50. The van der Waals surface area contributed by atoms with E-state index in [9.17, 15) is 9.59 Å². The Morgan fingerprint density at radius 2 is 1.90 bits per heavy atom. The lowest BCUT2D eigenvalue weighted by molar-refractivity contribution is -0.140. The Balaban J connectivity index is 1.68. The number of nitrogens with one attached hydrogen (secondary N) is 1. The van der Waals surface area contributed by atoms with Crippen LogP contribution in [-0.2, 0) is 22.6 Å². The maximum absolute atomic E-state index is 13.0. The fourth-order valence-corrected chi connectivity index (χ4v) is 3.76. The molecule has 0 aromatic heterocycles. The van der Waals surface area contributed by atoms with Gasteiger partial charge in [-0.3, -0.25) is 9.59 Å². The molecule has 0 unspecified atom stereocenters. The molecule has 1 N–H and O–H groups in total. The lowest BCUT2D eigenvalue weighted by atomic mass is 9.97. The second-order valence-electron chi connectivity index (χ2n) is 7.42. The third-order valence-corrected chi connectivity index (χ3v) is 5.61. The third kappa shape index (κ3) is 4.53. The number of rotatable bonds is 8. The first kappa shape index (κ1) is 20.7. The zero-order valence-electron chi connectivity index (χ0n) is 17.2. The molecule has 29 heavy (non-hydrogen) atoms. The van der Waals surface area contributed by atoms with Gasteiger partial charge >= 0.3 is 0 Å². The molecular weight excluding hydrogens is 368 g/mol. The molecule has 1 heterocycles. The van der Waals surface area contributed by atoms with E-state index in [1.807, 2.05) is 55.5 Å². The molecule has 2 aromatic rings. The quantitative estimate of drug-likeness (QED) is 0.745. The highest BCUT2D eigenvalue weighted by Gasteiger charge is 2.46. The number of hydrogen-bond donors (Lipinski definition) is 1. The van der Waals surface area contributed by atoms with Crippen LogP contribution in [0.15, 0.2) is 48.5 Å². The number of amides is 2. The molecule has 2 amide bonds. The van der Waals surface area contributed by atoms with E-state index in [0.29, 0.717) is 43.9 Å². The predicted molar refractivity (Wildman–Crippen MR) is 111 cm³/mol. The first-order valence-electron chi connectivity index (χ1n) is 9.81. The summed E-state index contributed by atoms with van der Waals surface area (Å²) in [4.78, 5) is 27.2. The number of likely N-dealkylation sites (tertiary alicyclic amines) is 1. The summed E-state index contributed by atoms with van der Waals surface area (Å²) < 4.78 is 10.7. The van der Waals surface area contributed by atoms with Gasteiger partial charge in [-0.1, -0.05) is 36.4 Å². The van der Waals surface area contributed by atoms with Crippen LogP contribution in [0.1, 0.15) is 30.9 Å². The Morgan fingerprint density at radius 3 is 2.59 bits per heavy atom. The van der Waals surface area contributed by atoms with E-state index in [-0.39, 0.29) is 11.8 Å². The molecule has 154 valence electrons. The number of carbonyl (C=O) groups excluding carboxylic acids is 2. The minimum atomic E-state index is -0.842. The van der Waals surface area contributed by atoms with Crippen molar-refractivity contribution in [3.63, 3.8) is 0 Å². The molecule has 1 fully saturated rings. The van der Waals surface area contributed by atoms with Gasteiger partial charge in [0.2, 0.25) is 11.8 Å². The summed E-state index contributed by atoms with van der Waals surface area (Å²) in [5.41, 5.74) is 1.16. The average molecular weight is 396 g/mol. The van der Waals surface area contributed by atoms with Gasteiger partial charge in [0.25, 0.3) is 0 Å². The zero-order valence-corrected chi connectivity index (χ0v) is 17.2. The summed E-state index contributed by atoms with van der Waals surface area (Å²) in [5.74, 6) is 1.32. The molecule has 1 atom stereocenters. The maximum atomic E-state index is 13.0.